The monoisotopic (exact) mass is 367 g/mol. The second-order valence-corrected chi connectivity index (χ2v) is 6.59. The fraction of sp³-hybridized carbons (Fsp3) is 0.444. The van der Waals surface area contributed by atoms with Crippen molar-refractivity contribution < 1.29 is 23.0 Å². The van der Waals surface area contributed by atoms with E-state index in [-0.39, 0.29) is 11.7 Å². The Balaban J connectivity index is 1.81. The predicted octanol–water partition coefficient (Wildman–Crippen LogP) is 3.65. The summed E-state index contributed by atoms with van der Waals surface area (Å²) in [6.07, 6.45) is -2.49. The topological polar surface area (TPSA) is 58.5 Å². The molecule has 140 valence electrons. The number of aryl methyl sites for hydroxylation is 1. The van der Waals surface area contributed by atoms with E-state index in [2.05, 4.69) is 15.1 Å². The summed E-state index contributed by atoms with van der Waals surface area (Å²) in [7, 11) is 2.03. The van der Waals surface area contributed by atoms with Crippen LogP contribution in [0.3, 0.4) is 0 Å². The Labute approximate surface area is 149 Å². The molecular formula is C18H20F3N3O2. The average Bonchev–Trinajstić information content (AvgIpc) is 2.56. The van der Waals surface area contributed by atoms with Crippen LogP contribution >= 0.6 is 0 Å². The van der Waals surface area contributed by atoms with Crippen molar-refractivity contribution in [3.05, 3.63) is 35.4 Å². The van der Waals surface area contributed by atoms with E-state index in [0.29, 0.717) is 23.2 Å². The Bertz CT molecular complexity index is 796. The van der Waals surface area contributed by atoms with Gasteiger partial charge in [-0.15, -0.1) is 10.2 Å². The first kappa shape index (κ1) is 18.4. The van der Waals surface area contributed by atoms with E-state index in [1.54, 1.807) is 13.0 Å². The lowest BCUT2D eigenvalue weighted by Gasteiger charge is -2.29. The SMILES string of the molecule is Cc1cc(-c2ccc(C(F)(F)F)cc2O)nnc1O[C@@H]1CCCN(C)C1. The Morgan fingerprint density at radius 1 is 1.23 bits per heavy atom. The van der Waals surface area contributed by atoms with Gasteiger partial charge in [-0.25, -0.2) is 0 Å². The molecule has 0 saturated carbocycles. The standard InChI is InChI=1S/C18H20F3N3O2/c1-11-8-15(14-6-5-12(9-16(14)25)18(19,20)21)22-23-17(11)26-13-4-3-7-24(2)10-13/h5-6,8-9,13,25H,3-4,7,10H2,1-2H3/t13-/m1/s1. The number of nitrogens with zero attached hydrogens (tertiary/aromatic N) is 3. The van der Waals surface area contributed by atoms with Gasteiger partial charge in [-0.05, 0) is 57.6 Å². The van der Waals surface area contributed by atoms with Crippen LogP contribution in [0.5, 0.6) is 11.6 Å². The van der Waals surface area contributed by atoms with Crippen LogP contribution in [0.2, 0.25) is 0 Å². The maximum absolute atomic E-state index is 12.7. The number of aromatic nitrogens is 2. The molecule has 1 N–H and O–H groups in total. The molecule has 2 aromatic rings. The zero-order chi connectivity index (χ0) is 18.9. The van der Waals surface area contributed by atoms with Gasteiger partial charge in [0, 0.05) is 17.7 Å². The van der Waals surface area contributed by atoms with Gasteiger partial charge in [0.2, 0.25) is 5.88 Å². The zero-order valence-electron chi connectivity index (χ0n) is 14.5. The largest absolute Gasteiger partial charge is 0.507 e. The minimum absolute atomic E-state index is 0.0343. The first-order valence-electron chi connectivity index (χ1n) is 8.34. The molecule has 5 nitrogen and oxygen atoms in total. The van der Waals surface area contributed by atoms with Crippen molar-refractivity contribution in [2.75, 3.05) is 20.1 Å². The zero-order valence-corrected chi connectivity index (χ0v) is 14.5. The minimum Gasteiger partial charge on any atom is -0.507 e. The molecule has 0 spiro atoms. The summed E-state index contributed by atoms with van der Waals surface area (Å²) < 4.78 is 44.0. The van der Waals surface area contributed by atoms with Crippen molar-refractivity contribution >= 4 is 0 Å². The second-order valence-electron chi connectivity index (χ2n) is 6.59. The van der Waals surface area contributed by atoms with Crippen molar-refractivity contribution in [3.8, 4) is 22.9 Å². The summed E-state index contributed by atoms with van der Waals surface area (Å²) >= 11 is 0. The van der Waals surface area contributed by atoms with Gasteiger partial charge < -0.3 is 14.7 Å². The van der Waals surface area contributed by atoms with E-state index in [1.165, 1.54) is 6.07 Å². The van der Waals surface area contributed by atoms with Gasteiger partial charge in [-0.1, -0.05) is 0 Å². The summed E-state index contributed by atoms with van der Waals surface area (Å²) in [6, 6.07) is 4.44. The molecule has 0 unspecified atom stereocenters. The van der Waals surface area contributed by atoms with Crippen LogP contribution in [-0.4, -0.2) is 46.4 Å². The first-order chi connectivity index (χ1) is 12.2. The average molecular weight is 367 g/mol. The molecule has 8 heteroatoms. The summed E-state index contributed by atoms with van der Waals surface area (Å²) in [5.74, 6) is -0.0865. The normalized spacial score (nSPS) is 18.7. The van der Waals surface area contributed by atoms with Crippen LogP contribution in [0.15, 0.2) is 24.3 Å². The third kappa shape index (κ3) is 4.07. The number of aromatic hydroxyl groups is 1. The molecule has 1 aromatic carbocycles. The number of likely N-dealkylation sites (N-methyl/N-ethyl adjacent to an activating group) is 1. The third-order valence-electron chi connectivity index (χ3n) is 4.40. The van der Waals surface area contributed by atoms with E-state index in [0.717, 1.165) is 32.0 Å². The maximum atomic E-state index is 12.7. The molecule has 1 aliphatic heterocycles. The van der Waals surface area contributed by atoms with E-state index >= 15 is 0 Å². The van der Waals surface area contributed by atoms with E-state index in [4.69, 9.17) is 4.74 Å². The smallest absolute Gasteiger partial charge is 0.416 e. The molecule has 26 heavy (non-hydrogen) atoms. The fourth-order valence-corrected chi connectivity index (χ4v) is 3.02. The van der Waals surface area contributed by atoms with Crippen molar-refractivity contribution in [2.45, 2.75) is 32.0 Å². The number of hydrogen-bond acceptors (Lipinski definition) is 5. The quantitative estimate of drug-likeness (QED) is 0.897. The number of phenols is 1. The lowest BCUT2D eigenvalue weighted by atomic mass is 10.1. The van der Waals surface area contributed by atoms with Crippen LogP contribution in [0, 0.1) is 6.92 Å². The molecule has 0 radical (unpaired) electrons. The van der Waals surface area contributed by atoms with Crippen molar-refractivity contribution in [2.24, 2.45) is 0 Å². The highest BCUT2D eigenvalue weighted by Crippen LogP contribution is 2.36. The Hall–Kier alpha value is -2.35. The molecule has 1 aromatic heterocycles. The van der Waals surface area contributed by atoms with E-state index in [1.807, 2.05) is 7.05 Å². The highest BCUT2D eigenvalue weighted by atomic mass is 19.4. The molecule has 1 atom stereocenters. The lowest BCUT2D eigenvalue weighted by molar-refractivity contribution is -0.137. The number of phenolic OH excluding ortho intramolecular Hbond substituents is 1. The Kier molecular flexibility index (Phi) is 5.04. The van der Waals surface area contributed by atoms with Gasteiger partial charge in [-0.3, -0.25) is 0 Å². The highest BCUT2D eigenvalue weighted by Gasteiger charge is 2.31. The van der Waals surface area contributed by atoms with Gasteiger partial charge in [0.25, 0.3) is 0 Å². The molecular weight excluding hydrogens is 347 g/mol. The molecule has 0 amide bonds. The van der Waals surface area contributed by atoms with E-state index < -0.39 is 17.5 Å². The highest BCUT2D eigenvalue weighted by molar-refractivity contribution is 5.67. The van der Waals surface area contributed by atoms with Crippen LogP contribution in [0.4, 0.5) is 13.2 Å². The third-order valence-corrected chi connectivity index (χ3v) is 4.40. The molecule has 1 aliphatic rings. The number of alkyl halides is 3. The van der Waals surface area contributed by atoms with Crippen molar-refractivity contribution in [1.82, 2.24) is 15.1 Å². The summed E-state index contributed by atoms with van der Waals surface area (Å²) in [5.41, 5.74) is 0.284. The molecule has 0 aliphatic carbocycles. The Morgan fingerprint density at radius 3 is 2.62 bits per heavy atom. The van der Waals surface area contributed by atoms with Crippen LogP contribution in [-0.2, 0) is 6.18 Å². The van der Waals surface area contributed by atoms with Crippen molar-refractivity contribution in [3.63, 3.8) is 0 Å². The number of benzene rings is 1. The lowest BCUT2D eigenvalue weighted by Crippen LogP contribution is -2.38. The maximum Gasteiger partial charge on any atom is 0.416 e. The number of hydrogen-bond donors (Lipinski definition) is 1. The summed E-state index contributed by atoms with van der Waals surface area (Å²) in [5, 5.41) is 18.0. The number of halogens is 3. The molecule has 2 heterocycles. The van der Waals surface area contributed by atoms with E-state index in [9.17, 15) is 18.3 Å². The van der Waals surface area contributed by atoms with Crippen LogP contribution in [0.1, 0.15) is 24.0 Å². The predicted molar refractivity (Wildman–Crippen MR) is 90.0 cm³/mol. The number of rotatable bonds is 3. The van der Waals surface area contributed by atoms with Gasteiger partial charge >= 0.3 is 6.18 Å². The van der Waals surface area contributed by atoms with Crippen LogP contribution in [0.25, 0.3) is 11.3 Å². The van der Waals surface area contributed by atoms with Gasteiger partial charge in [0.1, 0.15) is 11.9 Å². The number of piperidine rings is 1. The molecule has 1 fully saturated rings. The second kappa shape index (κ2) is 7.11. The number of ether oxygens (including phenoxy) is 1. The van der Waals surface area contributed by atoms with Gasteiger partial charge in [0.15, 0.2) is 0 Å². The Morgan fingerprint density at radius 2 is 2.00 bits per heavy atom. The van der Waals surface area contributed by atoms with Gasteiger partial charge in [0.05, 0.1) is 11.3 Å². The fourth-order valence-electron chi connectivity index (χ4n) is 3.02. The minimum atomic E-state index is -4.51. The first-order valence-corrected chi connectivity index (χ1v) is 8.34. The summed E-state index contributed by atoms with van der Waals surface area (Å²) in [4.78, 5) is 2.19. The van der Waals surface area contributed by atoms with Gasteiger partial charge in [-0.2, -0.15) is 13.2 Å². The van der Waals surface area contributed by atoms with Crippen molar-refractivity contribution in [1.29, 1.82) is 0 Å². The molecule has 1 saturated heterocycles. The number of likely N-dealkylation sites (tertiary alicyclic amines) is 1. The van der Waals surface area contributed by atoms with Crippen LogP contribution < -0.4 is 4.74 Å². The molecule has 3 rings (SSSR count). The molecule has 0 bridgehead atoms. The summed E-state index contributed by atoms with van der Waals surface area (Å²) in [6.45, 7) is 3.64.